The summed E-state index contributed by atoms with van der Waals surface area (Å²) in [5, 5.41) is 5.80. The molecule has 0 aliphatic carbocycles. The molecule has 5 heteroatoms. The third-order valence-corrected chi connectivity index (χ3v) is 4.13. The number of urea groups is 1. The van der Waals surface area contributed by atoms with Gasteiger partial charge in [0.15, 0.2) is 0 Å². The first-order valence-corrected chi connectivity index (χ1v) is 8.26. The molecule has 0 radical (unpaired) electrons. The summed E-state index contributed by atoms with van der Waals surface area (Å²) in [6.45, 7) is 7.06. The largest absolute Gasteiger partial charge is 0.336 e. The zero-order valence-electron chi connectivity index (χ0n) is 12.2. The number of carbonyl (C=O) groups excluding carboxylic acids is 1. The van der Waals surface area contributed by atoms with Crippen LogP contribution in [0.5, 0.6) is 0 Å². The number of nitrogens with zero attached hydrogens (tertiary/aromatic N) is 1. The number of para-hydroxylation sites is 1. The van der Waals surface area contributed by atoms with E-state index in [2.05, 4.69) is 21.6 Å². The summed E-state index contributed by atoms with van der Waals surface area (Å²) in [6.07, 6.45) is 0. The van der Waals surface area contributed by atoms with Gasteiger partial charge in [-0.05, 0) is 25.5 Å². The second kappa shape index (κ2) is 7.55. The van der Waals surface area contributed by atoms with Crippen molar-refractivity contribution < 1.29 is 4.79 Å². The monoisotopic (exact) mass is 293 g/mol. The number of amides is 2. The van der Waals surface area contributed by atoms with E-state index >= 15 is 0 Å². The van der Waals surface area contributed by atoms with Gasteiger partial charge in [0.25, 0.3) is 0 Å². The zero-order valence-corrected chi connectivity index (χ0v) is 13.0. The molecule has 0 atom stereocenters. The zero-order chi connectivity index (χ0) is 14.4. The van der Waals surface area contributed by atoms with Gasteiger partial charge in [-0.25, -0.2) is 4.79 Å². The van der Waals surface area contributed by atoms with Crippen LogP contribution in [-0.2, 0) is 6.54 Å². The Labute approximate surface area is 125 Å². The molecule has 1 saturated heterocycles. The third kappa shape index (κ3) is 4.72. The molecule has 1 heterocycles. The average Bonchev–Trinajstić information content (AvgIpc) is 2.41. The molecule has 1 aliphatic heterocycles. The minimum absolute atomic E-state index is 0.137. The molecule has 2 amide bonds. The number of benzene rings is 1. The van der Waals surface area contributed by atoms with Gasteiger partial charge in [0.2, 0.25) is 0 Å². The highest BCUT2D eigenvalue weighted by Gasteiger charge is 2.13. The fourth-order valence-corrected chi connectivity index (χ4v) is 3.18. The molecule has 0 spiro atoms. The molecule has 1 aliphatic rings. The van der Waals surface area contributed by atoms with Gasteiger partial charge >= 0.3 is 6.03 Å². The van der Waals surface area contributed by atoms with Crippen molar-refractivity contribution in [1.29, 1.82) is 0 Å². The van der Waals surface area contributed by atoms with Crippen LogP contribution in [0.25, 0.3) is 0 Å². The average molecular weight is 293 g/mol. The van der Waals surface area contributed by atoms with Crippen LogP contribution >= 0.6 is 11.8 Å². The van der Waals surface area contributed by atoms with Crippen molar-refractivity contribution in [3.63, 3.8) is 0 Å². The van der Waals surface area contributed by atoms with E-state index in [0.717, 1.165) is 25.3 Å². The predicted molar refractivity (Wildman–Crippen MR) is 86.3 cm³/mol. The first kappa shape index (κ1) is 15.2. The lowest BCUT2D eigenvalue weighted by molar-refractivity contribution is 0.250. The van der Waals surface area contributed by atoms with Gasteiger partial charge in [-0.2, -0.15) is 11.8 Å². The number of rotatable bonds is 4. The first-order valence-electron chi connectivity index (χ1n) is 7.10. The predicted octanol–water partition coefficient (Wildman–Crippen LogP) is 2.77. The van der Waals surface area contributed by atoms with Crippen LogP contribution in [-0.4, -0.2) is 41.6 Å². The Morgan fingerprint density at radius 2 is 2.00 bits per heavy atom. The molecular formula is C15H23N3OS. The maximum atomic E-state index is 11.8. The Morgan fingerprint density at radius 1 is 1.30 bits per heavy atom. The number of carbonyl (C=O) groups is 1. The number of nitrogens with one attached hydrogen (secondary N) is 2. The van der Waals surface area contributed by atoms with E-state index in [1.165, 1.54) is 17.1 Å². The van der Waals surface area contributed by atoms with Crippen molar-refractivity contribution in [3.8, 4) is 0 Å². The summed E-state index contributed by atoms with van der Waals surface area (Å²) in [5.74, 6) is 2.40. The third-order valence-electron chi connectivity index (χ3n) is 3.18. The van der Waals surface area contributed by atoms with E-state index in [-0.39, 0.29) is 12.1 Å². The topological polar surface area (TPSA) is 44.4 Å². The molecule has 110 valence electrons. The highest BCUT2D eigenvalue weighted by molar-refractivity contribution is 7.99. The molecule has 1 aromatic rings. The van der Waals surface area contributed by atoms with Crippen LogP contribution in [0.1, 0.15) is 19.4 Å². The second-order valence-electron chi connectivity index (χ2n) is 5.30. The van der Waals surface area contributed by atoms with Crippen molar-refractivity contribution in [1.82, 2.24) is 10.2 Å². The van der Waals surface area contributed by atoms with Gasteiger partial charge in [-0.1, -0.05) is 18.2 Å². The van der Waals surface area contributed by atoms with E-state index in [1.54, 1.807) is 0 Å². The maximum absolute atomic E-state index is 11.8. The Morgan fingerprint density at radius 3 is 2.70 bits per heavy atom. The van der Waals surface area contributed by atoms with E-state index < -0.39 is 0 Å². The van der Waals surface area contributed by atoms with Crippen LogP contribution in [0.15, 0.2) is 24.3 Å². The highest BCUT2D eigenvalue weighted by atomic mass is 32.2. The number of hydrogen-bond donors (Lipinski definition) is 2. The van der Waals surface area contributed by atoms with E-state index in [1.807, 2.05) is 43.8 Å². The smallest absolute Gasteiger partial charge is 0.319 e. The standard InChI is InChI=1S/C15H23N3OS/c1-12(2)16-15(19)17-14-6-4-3-5-13(14)11-18-7-9-20-10-8-18/h3-6,12H,7-11H2,1-2H3,(H2,16,17,19). The molecule has 0 unspecified atom stereocenters. The summed E-state index contributed by atoms with van der Waals surface area (Å²) >= 11 is 2.01. The second-order valence-corrected chi connectivity index (χ2v) is 6.52. The van der Waals surface area contributed by atoms with Gasteiger partial charge in [0.1, 0.15) is 0 Å². The molecule has 20 heavy (non-hydrogen) atoms. The summed E-state index contributed by atoms with van der Waals surface area (Å²) in [7, 11) is 0. The van der Waals surface area contributed by atoms with Gasteiger partial charge in [0, 0.05) is 42.9 Å². The number of hydrogen-bond acceptors (Lipinski definition) is 3. The molecule has 1 aromatic carbocycles. The lowest BCUT2D eigenvalue weighted by Gasteiger charge is -2.27. The SMILES string of the molecule is CC(C)NC(=O)Nc1ccccc1CN1CCSCC1. The van der Waals surface area contributed by atoms with Gasteiger partial charge < -0.3 is 10.6 Å². The van der Waals surface area contributed by atoms with Crippen molar-refractivity contribution >= 4 is 23.5 Å². The minimum atomic E-state index is -0.137. The fraction of sp³-hybridized carbons (Fsp3) is 0.533. The van der Waals surface area contributed by atoms with E-state index in [4.69, 9.17) is 0 Å². The van der Waals surface area contributed by atoms with Crippen LogP contribution in [0.3, 0.4) is 0 Å². The maximum Gasteiger partial charge on any atom is 0.319 e. The lowest BCUT2D eigenvalue weighted by atomic mass is 10.1. The Bertz CT molecular complexity index is 444. The Balaban J connectivity index is 1.99. The van der Waals surface area contributed by atoms with Gasteiger partial charge in [-0.3, -0.25) is 4.90 Å². The van der Waals surface area contributed by atoms with Crippen LogP contribution in [0.4, 0.5) is 10.5 Å². The molecular weight excluding hydrogens is 270 g/mol. The van der Waals surface area contributed by atoms with Crippen molar-refractivity contribution in [2.45, 2.75) is 26.4 Å². The van der Waals surface area contributed by atoms with Crippen LogP contribution < -0.4 is 10.6 Å². The molecule has 0 bridgehead atoms. The van der Waals surface area contributed by atoms with Crippen molar-refractivity contribution in [3.05, 3.63) is 29.8 Å². The van der Waals surface area contributed by atoms with Crippen molar-refractivity contribution in [2.24, 2.45) is 0 Å². The van der Waals surface area contributed by atoms with Gasteiger partial charge in [0.05, 0.1) is 0 Å². The quantitative estimate of drug-likeness (QED) is 0.897. The molecule has 4 nitrogen and oxygen atoms in total. The first-order chi connectivity index (χ1) is 9.65. The van der Waals surface area contributed by atoms with Crippen LogP contribution in [0.2, 0.25) is 0 Å². The number of thioether (sulfide) groups is 1. The van der Waals surface area contributed by atoms with Crippen LogP contribution in [0, 0.1) is 0 Å². The Kier molecular flexibility index (Phi) is 5.73. The summed E-state index contributed by atoms with van der Waals surface area (Å²) in [4.78, 5) is 14.3. The van der Waals surface area contributed by atoms with Gasteiger partial charge in [-0.15, -0.1) is 0 Å². The molecule has 2 N–H and O–H groups in total. The fourth-order valence-electron chi connectivity index (χ4n) is 2.20. The normalized spacial score (nSPS) is 16.1. The highest BCUT2D eigenvalue weighted by Crippen LogP contribution is 2.19. The van der Waals surface area contributed by atoms with E-state index in [9.17, 15) is 4.79 Å². The lowest BCUT2D eigenvalue weighted by Crippen LogP contribution is -2.35. The molecule has 1 fully saturated rings. The molecule has 0 saturated carbocycles. The number of anilines is 1. The Hall–Kier alpha value is -1.20. The minimum Gasteiger partial charge on any atom is -0.336 e. The summed E-state index contributed by atoms with van der Waals surface area (Å²) in [5.41, 5.74) is 2.09. The summed E-state index contributed by atoms with van der Waals surface area (Å²) in [6, 6.07) is 8.05. The molecule has 0 aromatic heterocycles. The van der Waals surface area contributed by atoms with Crippen molar-refractivity contribution in [2.75, 3.05) is 29.9 Å². The van der Waals surface area contributed by atoms with E-state index in [0.29, 0.717) is 0 Å². The molecule has 2 rings (SSSR count). The summed E-state index contributed by atoms with van der Waals surface area (Å²) < 4.78 is 0.